The third-order valence-electron chi connectivity index (χ3n) is 1.81. The molecule has 0 saturated heterocycles. The number of rotatable bonds is 2. The fourth-order valence-electron chi connectivity index (χ4n) is 0.961. The van der Waals surface area contributed by atoms with Crippen LogP contribution in [-0.2, 0) is 0 Å². The molecule has 1 rings (SSSR count). The Morgan fingerprint density at radius 3 is 2.36 bits per heavy atom. The zero-order valence-corrected chi connectivity index (χ0v) is 8.11. The van der Waals surface area contributed by atoms with E-state index in [1.54, 1.807) is 11.3 Å². The minimum Gasteiger partial charge on any atom is -0.323 e. The summed E-state index contributed by atoms with van der Waals surface area (Å²) in [5, 5.41) is 0. The number of hydrogen-bond donors (Lipinski definition) is 1. The maximum atomic E-state index is 5.96. The van der Waals surface area contributed by atoms with Crippen molar-refractivity contribution in [2.75, 3.05) is 0 Å². The highest BCUT2D eigenvalue weighted by Crippen LogP contribution is 2.25. The molecule has 1 heterocycles. The van der Waals surface area contributed by atoms with Crippen molar-refractivity contribution in [3.05, 3.63) is 21.9 Å². The number of aryl methyl sites for hydroxylation is 1. The van der Waals surface area contributed by atoms with Crippen LogP contribution in [0.15, 0.2) is 12.1 Å². The van der Waals surface area contributed by atoms with Gasteiger partial charge in [-0.05, 0) is 25.0 Å². The van der Waals surface area contributed by atoms with E-state index in [9.17, 15) is 0 Å². The maximum absolute atomic E-state index is 5.96. The van der Waals surface area contributed by atoms with Crippen LogP contribution in [0.2, 0.25) is 0 Å². The van der Waals surface area contributed by atoms with Gasteiger partial charge in [0.15, 0.2) is 0 Å². The quantitative estimate of drug-likeness (QED) is 0.723. The second-order valence-electron chi connectivity index (χ2n) is 3.22. The van der Waals surface area contributed by atoms with Gasteiger partial charge < -0.3 is 5.73 Å². The van der Waals surface area contributed by atoms with E-state index in [4.69, 9.17) is 5.73 Å². The predicted molar refractivity (Wildman–Crippen MR) is 50.8 cm³/mol. The van der Waals surface area contributed by atoms with Gasteiger partial charge in [-0.3, -0.25) is 0 Å². The molecule has 1 aromatic rings. The highest BCUT2D eigenvalue weighted by molar-refractivity contribution is 7.12. The van der Waals surface area contributed by atoms with Gasteiger partial charge in [0, 0.05) is 15.8 Å². The summed E-state index contributed by atoms with van der Waals surface area (Å²) in [5.74, 6) is 0.535. The molecule has 0 fully saturated rings. The molecule has 1 atom stereocenters. The SMILES string of the molecule is Cc1ccc([C@H](N)C(C)C)s1. The van der Waals surface area contributed by atoms with Crippen molar-refractivity contribution in [1.82, 2.24) is 0 Å². The average molecular weight is 169 g/mol. The van der Waals surface area contributed by atoms with E-state index in [1.165, 1.54) is 9.75 Å². The summed E-state index contributed by atoms with van der Waals surface area (Å²) in [5.41, 5.74) is 5.96. The lowest BCUT2D eigenvalue weighted by atomic mass is 10.0. The van der Waals surface area contributed by atoms with Crippen LogP contribution in [0.5, 0.6) is 0 Å². The lowest BCUT2D eigenvalue weighted by Crippen LogP contribution is -2.14. The van der Waals surface area contributed by atoms with E-state index in [0.717, 1.165) is 0 Å². The summed E-state index contributed by atoms with van der Waals surface area (Å²) in [7, 11) is 0. The zero-order chi connectivity index (χ0) is 8.43. The van der Waals surface area contributed by atoms with E-state index in [2.05, 4.69) is 32.9 Å². The standard InChI is InChI=1S/C9H15NS/c1-6(2)9(10)8-5-4-7(3)11-8/h4-6,9H,10H2,1-3H3/t9-/m1/s1. The van der Waals surface area contributed by atoms with E-state index in [1.807, 2.05) is 0 Å². The summed E-state index contributed by atoms with van der Waals surface area (Å²) >= 11 is 1.80. The molecule has 0 bridgehead atoms. The highest BCUT2D eigenvalue weighted by Gasteiger charge is 2.11. The summed E-state index contributed by atoms with van der Waals surface area (Å²) in [6, 6.07) is 4.47. The first kappa shape index (κ1) is 8.75. The van der Waals surface area contributed by atoms with Crippen LogP contribution in [0.25, 0.3) is 0 Å². The van der Waals surface area contributed by atoms with Gasteiger partial charge >= 0.3 is 0 Å². The summed E-state index contributed by atoms with van der Waals surface area (Å²) in [6.07, 6.45) is 0. The van der Waals surface area contributed by atoms with Crippen molar-refractivity contribution in [3.63, 3.8) is 0 Å². The molecule has 0 aliphatic carbocycles. The van der Waals surface area contributed by atoms with Crippen molar-refractivity contribution in [2.24, 2.45) is 11.7 Å². The first-order valence-electron chi connectivity index (χ1n) is 3.93. The predicted octanol–water partition coefficient (Wildman–Crippen LogP) is 2.71. The van der Waals surface area contributed by atoms with Gasteiger partial charge in [-0.15, -0.1) is 11.3 Å². The van der Waals surface area contributed by atoms with Crippen molar-refractivity contribution in [3.8, 4) is 0 Å². The Hall–Kier alpha value is -0.340. The van der Waals surface area contributed by atoms with E-state index < -0.39 is 0 Å². The first-order valence-corrected chi connectivity index (χ1v) is 4.75. The first-order chi connectivity index (χ1) is 5.11. The summed E-state index contributed by atoms with van der Waals surface area (Å²) < 4.78 is 0. The highest BCUT2D eigenvalue weighted by atomic mass is 32.1. The molecule has 0 amide bonds. The second-order valence-corrected chi connectivity index (χ2v) is 4.54. The van der Waals surface area contributed by atoms with Crippen LogP contribution in [0.1, 0.15) is 29.6 Å². The number of nitrogens with two attached hydrogens (primary N) is 1. The Bertz CT molecular complexity index is 227. The molecular weight excluding hydrogens is 154 g/mol. The van der Waals surface area contributed by atoms with Crippen molar-refractivity contribution < 1.29 is 0 Å². The smallest absolute Gasteiger partial charge is 0.0413 e. The lowest BCUT2D eigenvalue weighted by molar-refractivity contribution is 0.521. The average Bonchev–Trinajstić information content (AvgIpc) is 2.34. The third-order valence-corrected chi connectivity index (χ3v) is 2.91. The molecule has 11 heavy (non-hydrogen) atoms. The Balaban J connectivity index is 2.76. The largest absolute Gasteiger partial charge is 0.323 e. The lowest BCUT2D eigenvalue weighted by Gasteiger charge is -2.12. The Morgan fingerprint density at radius 1 is 1.36 bits per heavy atom. The summed E-state index contributed by atoms with van der Waals surface area (Å²) in [4.78, 5) is 2.65. The Morgan fingerprint density at radius 2 is 2.00 bits per heavy atom. The molecule has 2 heteroatoms. The van der Waals surface area contributed by atoms with Gasteiger partial charge in [-0.2, -0.15) is 0 Å². The van der Waals surface area contributed by atoms with Gasteiger partial charge in [0.1, 0.15) is 0 Å². The second kappa shape index (κ2) is 3.37. The Kier molecular flexibility index (Phi) is 2.68. The van der Waals surface area contributed by atoms with E-state index in [0.29, 0.717) is 5.92 Å². The molecule has 2 N–H and O–H groups in total. The van der Waals surface area contributed by atoms with Crippen LogP contribution in [-0.4, -0.2) is 0 Å². The molecule has 0 unspecified atom stereocenters. The van der Waals surface area contributed by atoms with Crippen molar-refractivity contribution in [2.45, 2.75) is 26.8 Å². The van der Waals surface area contributed by atoms with Gasteiger partial charge in [-0.25, -0.2) is 0 Å². The van der Waals surface area contributed by atoms with Crippen molar-refractivity contribution in [1.29, 1.82) is 0 Å². The van der Waals surface area contributed by atoms with Gasteiger partial charge in [-0.1, -0.05) is 13.8 Å². The fraction of sp³-hybridized carbons (Fsp3) is 0.556. The van der Waals surface area contributed by atoms with Crippen LogP contribution in [0.4, 0.5) is 0 Å². The molecule has 0 aliphatic heterocycles. The maximum Gasteiger partial charge on any atom is 0.0413 e. The number of hydrogen-bond acceptors (Lipinski definition) is 2. The molecule has 0 aliphatic rings. The number of thiophene rings is 1. The summed E-state index contributed by atoms with van der Waals surface area (Å²) in [6.45, 7) is 6.42. The molecule has 0 saturated carbocycles. The topological polar surface area (TPSA) is 26.0 Å². The zero-order valence-electron chi connectivity index (χ0n) is 7.29. The van der Waals surface area contributed by atoms with Gasteiger partial charge in [0.2, 0.25) is 0 Å². The van der Waals surface area contributed by atoms with Crippen LogP contribution in [0, 0.1) is 12.8 Å². The monoisotopic (exact) mass is 169 g/mol. The van der Waals surface area contributed by atoms with Crippen molar-refractivity contribution >= 4 is 11.3 Å². The molecule has 1 nitrogen and oxygen atoms in total. The van der Waals surface area contributed by atoms with E-state index >= 15 is 0 Å². The molecule has 0 aromatic carbocycles. The fourth-order valence-corrected chi connectivity index (χ4v) is 2.01. The molecule has 0 spiro atoms. The van der Waals surface area contributed by atoms with Gasteiger partial charge in [0.25, 0.3) is 0 Å². The van der Waals surface area contributed by atoms with Gasteiger partial charge in [0.05, 0.1) is 0 Å². The Labute approximate surface area is 72.2 Å². The molecule has 62 valence electrons. The minimum atomic E-state index is 0.216. The van der Waals surface area contributed by atoms with E-state index in [-0.39, 0.29) is 6.04 Å². The molecule has 0 radical (unpaired) electrons. The normalized spacial score (nSPS) is 13.9. The van der Waals surface area contributed by atoms with Crippen LogP contribution < -0.4 is 5.73 Å². The molecular formula is C9H15NS. The van der Waals surface area contributed by atoms with Crippen LogP contribution >= 0.6 is 11.3 Å². The third kappa shape index (κ3) is 2.04. The van der Waals surface area contributed by atoms with Crippen LogP contribution in [0.3, 0.4) is 0 Å². The minimum absolute atomic E-state index is 0.216. The molecule has 1 aromatic heterocycles.